The highest BCUT2D eigenvalue weighted by molar-refractivity contribution is 5.31. The molecule has 0 amide bonds. The van der Waals surface area contributed by atoms with Crippen LogP contribution < -0.4 is 11.3 Å². The Morgan fingerprint density at radius 1 is 1.31 bits per heavy atom. The highest BCUT2D eigenvalue weighted by atomic mass is 15.2. The Morgan fingerprint density at radius 2 is 2.06 bits per heavy atom. The molecule has 1 unspecified atom stereocenters. The van der Waals surface area contributed by atoms with Gasteiger partial charge < -0.3 is 0 Å². The smallest absolute Gasteiger partial charge is 0.0469 e. The number of rotatable bonds is 4. The summed E-state index contributed by atoms with van der Waals surface area (Å²) in [5.41, 5.74) is 6.71. The molecule has 3 N–H and O–H groups in total. The van der Waals surface area contributed by atoms with E-state index in [9.17, 15) is 0 Å². The van der Waals surface area contributed by atoms with E-state index < -0.39 is 0 Å². The first-order valence-electron chi connectivity index (χ1n) is 5.62. The van der Waals surface area contributed by atoms with E-state index in [2.05, 4.69) is 49.3 Å². The zero-order valence-electron chi connectivity index (χ0n) is 10.3. The van der Waals surface area contributed by atoms with Crippen molar-refractivity contribution in [1.29, 1.82) is 0 Å². The second-order valence-electron chi connectivity index (χ2n) is 4.03. The lowest BCUT2D eigenvalue weighted by Crippen LogP contribution is -2.28. The van der Waals surface area contributed by atoms with E-state index in [0.29, 0.717) is 0 Å². The quantitative estimate of drug-likeness (QED) is 0.461. The number of hydrogen-bond acceptors (Lipinski definition) is 2. The summed E-state index contributed by atoms with van der Waals surface area (Å²) in [7, 11) is 0. The van der Waals surface area contributed by atoms with Gasteiger partial charge in [0.05, 0.1) is 0 Å². The number of nitrogens with two attached hydrogens (primary N) is 1. The van der Waals surface area contributed by atoms with Gasteiger partial charge in [-0.15, -0.1) is 11.8 Å². The Labute approximate surface area is 98.2 Å². The van der Waals surface area contributed by atoms with E-state index in [1.807, 2.05) is 6.92 Å². The normalized spacial score (nSPS) is 11.8. The van der Waals surface area contributed by atoms with E-state index in [4.69, 9.17) is 5.84 Å². The highest BCUT2D eigenvalue weighted by Crippen LogP contribution is 2.20. The molecular formula is C14H20N2. The molecule has 0 spiro atoms. The molecule has 0 heterocycles. The van der Waals surface area contributed by atoms with Gasteiger partial charge in [-0.05, 0) is 43.9 Å². The monoisotopic (exact) mass is 216 g/mol. The lowest BCUT2D eigenvalue weighted by atomic mass is 9.98. The lowest BCUT2D eigenvalue weighted by molar-refractivity contribution is 0.523. The van der Waals surface area contributed by atoms with Crippen LogP contribution in [0.5, 0.6) is 0 Å². The summed E-state index contributed by atoms with van der Waals surface area (Å²) in [6, 6.07) is 6.66. The van der Waals surface area contributed by atoms with Crippen LogP contribution in [0.15, 0.2) is 18.2 Å². The van der Waals surface area contributed by atoms with Gasteiger partial charge in [-0.3, -0.25) is 11.3 Å². The minimum Gasteiger partial charge on any atom is -0.271 e. The topological polar surface area (TPSA) is 38.0 Å². The molecule has 16 heavy (non-hydrogen) atoms. The van der Waals surface area contributed by atoms with Gasteiger partial charge >= 0.3 is 0 Å². The average molecular weight is 216 g/mol. The van der Waals surface area contributed by atoms with E-state index in [0.717, 1.165) is 12.8 Å². The van der Waals surface area contributed by atoms with Crippen LogP contribution >= 0.6 is 0 Å². The van der Waals surface area contributed by atoms with Crippen LogP contribution in [0.1, 0.15) is 42.5 Å². The Bertz CT molecular complexity index is 399. The van der Waals surface area contributed by atoms with Gasteiger partial charge in [0.25, 0.3) is 0 Å². The van der Waals surface area contributed by atoms with Crippen molar-refractivity contribution in [3.63, 3.8) is 0 Å². The number of hydrogen-bond donors (Lipinski definition) is 2. The summed E-state index contributed by atoms with van der Waals surface area (Å²) < 4.78 is 0. The molecule has 0 aliphatic carbocycles. The van der Waals surface area contributed by atoms with Gasteiger partial charge in [0.15, 0.2) is 0 Å². The van der Waals surface area contributed by atoms with Crippen LogP contribution in [-0.2, 0) is 0 Å². The minimum atomic E-state index is 0.195. The summed E-state index contributed by atoms with van der Waals surface area (Å²) in [6.07, 6.45) is 1.82. The fourth-order valence-corrected chi connectivity index (χ4v) is 1.67. The van der Waals surface area contributed by atoms with Crippen LogP contribution in [0.2, 0.25) is 0 Å². The van der Waals surface area contributed by atoms with Crippen molar-refractivity contribution in [1.82, 2.24) is 5.43 Å². The van der Waals surface area contributed by atoms with Crippen LogP contribution in [0.3, 0.4) is 0 Å². The lowest BCUT2D eigenvalue weighted by Gasteiger charge is -2.16. The molecule has 1 rings (SSSR count). The summed E-state index contributed by atoms with van der Waals surface area (Å²) in [5, 5.41) is 0. The number of benzene rings is 1. The molecule has 0 aliphatic rings. The van der Waals surface area contributed by atoms with Gasteiger partial charge in [0.1, 0.15) is 0 Å². The van der Waals surface area contributed by atoms with Crippen molar-refractivity contribution >= 4 is 0 Å². The second kappa shape index (κ2) is 6.32. The van der Waals surface area contributed by atoms with E-state index in [-0.39, 0.29) is 6.04 Å². The van der Waals surface area contributed by atoms with Crippen molar-refractivity contribution in [2.45, 2.75) is 39.7 Å². The maximum atomic E-state index is 5.58. The SMILES string of the molecule is CC#CCCC(NN)c1ccc(C)c(C)c1. The van der Waals surface area contributed by atoms with Crippen molar-refractivity contribution in [2.24, 2.45) is 5.84 Å². The summed E-state index contributed by atoms with van der Waals surface area (Å²) >= 11 is 0. The van der Waals surface area contributed by atoms with Crippen LogP contribution in [0.25, 0.3) is 0 Å². The van der Waals surface area contributed by atoms with E-state index >= 15 is 0 Å². The molecule has 86 valence electrons. The fraction of sp³-hybridized carbons (Fsp3) is 0.429. The maximum absolute atomic E-state index is 5.58. The van der Waals surface area contributed by atoms with Crippen molar-refractivity contribution in [3.05, 3.63) is 34.9 Å². The molecule has 2 heteroatoms. The molecule has 0 saturated heterocycles. The summed E-state index contributed by atoms with van der Waals surface area (Å²) in [5.74, 6) is 11.5. The molecule has 1 aromatic carbocycles. The molecule has 1 atom stereocenters. The zero-order chi connectivity index (χ0) is 12.0. The summed E-state index contributed by atoms with van der Waals surface area (Å²) in [6.45, 7) is 6.10. The number of hydrazine groups is 1. The fourth-order valence-electron chi connectivity index (χ4n) is 1.67. The first kappa shape index (κ1) is 12.8. The first-order valence-corrected chi connectivity index (χ1v) is 5.62. The van der Waals surface area contributed by atoms with Crippen LogP contribution in [0.4, 0.5) is 0 Å². The van der Waals surface area contributed by atoms with Crippen molar-refractivity contribution in [3.8, 4) is 11.8 Å². The van der Waals surface area contributed by atoms with Crippen molar-refractivity contribution < 1.29 is 0 Å². The summed E-state index contributed by atoms with van der Waals surface area (Å²) in [4.78, 5) is 0. The molecule has 0 radical (unpaired) electrons. The van der Waals surface area contributed by atoms with E-state index in [1.54, 1.807) is 0 Å². The predicted molar refractivity (Wildman–Crippen MR) is 68.7 cm³/mol. The van der Waals surface area contributed by atoms with Crippen molar-refractivity contribution in [2.75, 3.05) is 0 Å². The standard InChI is InChI=1S/C14H20N2/c1-4-5-6-7-14(16-15)13-9-8-11(2)12(3)10-13/h8-10,14,16H,6-7,15H2,1-3H3. The largest absolute Gasteiger partial charge is 0.271 e. The van der Waals surface area contributed by atoms with Gasteiger partial charge in [-0.25, -0.2) is 0 Å². The molecule has 0 saturated carbocycles. The van der Waals surface area contributed by atoms with Gasteiger partial charge in [0, 0.05) is 12.5 Å². The Kier molecular flexibility index (Phi) is 5.04. The molecule has 2 nitrogen and oxygen atoms in total. The molecular weight excluding hydrogens is 196 g/mol. The third-order valence-electron chi connectivity index (χ3n) is 2.87. The number of aryl methyl sites for hydroxylation is 2. The minimum absolute atomic E-state index is 0.195. The second-order valence-corrected chi connectivity index (χ2v) is 4.03. The van der Waals surface area contributed by atoms with Gasteiger partial charge in [0.2, 0.25) is 0 Å². The van der Waals surface area contributed by atoms with Gasteiger partial charge in [-0.1, -0.05) is 18.2 Å². The first-order chi connectivity index (χ1) is 7.69. The average Bonchev–Trinajstić information content (AvgIpc) is 2.29. The predicted octanol–water partition coefficient (Wildman–Crippen LogP) is 2.61. The molecule has 1 aromatic rings. The van der Waals surface area contributed by atoms with E-state index in [1.165, 1.54) is 16.7 Å². The number of nitrogens with one attached hydrogen (secondary N) is 1. The van der Waals surface area contributed by atoms with Crippen LogP contribution in [0, 0.1) is 25.7 Å². The Balaban J connectivity index is 2.77. The Hall–Kier alpha value is -1.30. The third-order valence-corrected chi connectivity index (χ3v) is 2.87. The highest BCUT2D eigenvalue weighted by Gasteiger charge is 2.09. The maximum Gasteiger partial charge on any atom is 0.0469 e. The molecule has 0 aromatic heterocycles. The molecule has 0 aliphatic heterocycles. The third kappa shape index (κ3) is 3.37. The Morgan fingerprint density at radius 3 is 2.62 bits per heavy atom. The molecule has 0 bridgehead atoms. The van der Waals surface area contributed by atoms with Gasteiger partial charge in [-0.2, -0.15) is 0 Å². The molecule has 0 fully saturated rings. The zero-order valence-corrected chi connectivity index (χ0v) is 10.3. The van der Waals surface area contributed by atoms with Crippen LogP contribution in [-0.4, -0.2) is 0 Å².